The summed E-state index contributed by atoms with van der Waals surface area (Å²) in [7, 11) is 3.59. The number of carbonyl (C=O) groups excluding carboxylic acids is 1. The second kappa shape index (κ2) is 8.10. The van der Waals surface area contributed by atoms with E-state index in [1.54, 1.807) is 31.4 Å². The minimum atomic E-state index is -0.180. The summed E-state index contributed by atoms with van der Waals surface area (Å²) in [4.78, 5) is 16.5. The number of hydrogen-bond donors (Lipinski definition) is 1. The molecule has 0 aliphatic rings. The number of aryl methyl sites for hydroxylation is 1. The van der Waals surface area contributed by atoms with Crippen LogP contribution in [0.15, 0.2) is 42.5 Å². The number of fused-ring (bicyclic) bond motifs is 1. The lowest BCUT2D eigenvalue weighted by Crippen LogP contribution is -2.31. The summed E-state index contributed by atoms with van der Waals surface area (Å²) < 4.78 is 12.7. The van der Waals surface area contributed by atoms with Crippen molar-refractivity contribution in [1.82, 2.24) is 14.9 Å². The second-order valence-electron chi connectivity index (χ2n) is 5.78. The number of rotatable bonds is 7. The van der Waals surface area contributed by atoms with Gasteiger partial charge in [-0.05, 0) is 36.4 Å². The lowest BCUT2D eigenvalue weighted by Gasteiger charge is -2.07. The van der Waals surface area contributed by atoms with Crippen molar-refractivity contribution in [2.75, 3.05) is 20.3 Å². The van der Waals surface area contributed by atoms with E-state index < -0.39 is 0 Å². The van der Waals surface area contributed by atoms with Crippen LogP contribution in [0.25, 0.3) is 11.0 Å². The van der Waals surface area contributed by atoms with Crippen LogP contribution in [-0.4, -0.2) is 35.7 Å². The molecule has 3 aromatic rings. The standard InChI is InChI=1S/C19H20ClN3O3/c1-23-17-8-7-15(25-2)11-16(17)22-18(23)9-10-21-19(24)12-26-14-5-3-13(20)4-6-14/h3-8,11H,9-10,12H2,1-2H3,(H,21,24). The number of aromatic nitrogens is 2. The number of carbonyl (C=O) groups is 1. The van der Waals surface area contributed by atoms with Crippen molar-refractivity contribution in [3.8, 4) is 11.5 Å². The molecule has 1 N–H and O–H groups in total. The number of nitrogens with one attached hydrogen (secondary N) is 1. The summed E-state index contributed by atoms with van der Waals surface area (Å²) in [6.07, 6.45) is 0.625. The summed E-state index contributed by atoms with van der Waals surface area (Å²) in [5.74, 6) is 2.09. The average Bonchev–Trinajstić information content (AvgIpc) is 2.96. The largest absolute Gasteiger partial charge is 0.497 e. The molecule has 0 saturated carbocycles. The number of hydrogen-bond acceptors (Lipinski definition) is 4. The fraction of sp³-hybridized carbons (Fsp3) is 0.263. The van der Waals surface area contributed by atoms with Crippen molar-refractivity contribution < 1.29 is 14.3 Å². The molecule has 0 unspecified atom stereocenters. The molecule has 3 rings (SSSR count). The third-order valence-electron chi connectivity index (χ3n) is 4.03. The molecule has 0 spiro atoms. The van der Waals surface area contributed by atoms with E-state index in [2.05, 4.69) is 10.3 Å². The van der Waals surface area contributed by atoms with E-state index in [0.29, 0.717) is 23.7 Å². The highest BCUT2D eigenvalue weighted by atomic mass is 35.5. The Balaban J connectivity index is 1.51. The van der Waals surface area contributed by atoms with Crippen LogP contribution in [0.3, 0.4) is 0 Å². The maximum Gasteiger partial charge on any atom is 0.257 e. The number of ether oxygens (including phenoxy) is 2. The van der Waals surface area contributed by atoms with Crippen LogP contribution >= 0.6 is 11.6 Å². The van der Waals surface area contributed by atoms with Crippen LogP contribution in [-0.2, 0) is 18.3 Å². The normalized spacial score (nSPS) is 10.7. The molecule has 7 heteroatoms. The predicted octanol–water partition coefficient (Wildman–Crippen LogP) is 2.97. The maximum absolute atomic E-state index is 11.9. The van der Waals surface area contributed by atoms with Crippen LogP contribution in [0.5, 0.6) is 11.5 Å². The van der Waals surface area contributed by atoms with Crippen LogP contribution in [0.1, 0.15) is 5.82 Å². The molecule has 0 saturated heterocycles. The van der Waals surface area contributed by atoms with E-state index in [-0.39, 0.29) is 12.5 Å². The Morgan fingerprint density at radius 2 is 1.92 bits per heavy atom. The number of imidazole rings is 1. The Hall–Kier alpha value is -2.73. The Bertz CT molecular complexity index is 906. The second-order valence-corrected chi connectivity index (χ2v) is 6.22. The topological polar surface area (TPSA) is 65.4 Å². The molecule has 0 atom stereocenters. The van der Waals surface area contributed by atoms with Gasteiger partial charge in [0, 0.05) is 31.1 Å². The summed E-state index contributed by atoms with van der Waals surface area (Å²) in [6.45, 7) is 0.443. The molecule has 0 radical (unpaired) electrons. The van der Waals surface area contributed by atoms with Gasteiger partial charge < -0.3 is 19.4 Å². The molecular weight excluding hydrogens is 354 g/mol. The molecule has 26 heavy (non-hydrogen) atoms. The zero-order valence-electron chi connectivity index (χ0n) is 14.7. The smallest absolute Gasteiger partial charge is 0.257 e. The zero-order valence-corrected chi connectivity index (χ0v) is 15.4. The lowest BCUT2D eigenvalue weighted by atomic mass is 10.3. The quantitative estimate of drug-likeness (QED) is 0.691. The number of amides is 1. The van der Waals surface area contributed by atoms with E-state index in [1.165, 1.54) is 0 Å². The molecular formula is C19H20ClN3O3. The van der Waals surface area contributed by atoms with Gasteiger partial charge in [-0.2, -0.15) is 0 Å². The van der Waals surface area contributed by atoms with Gasteiger partial charge in [0.1, 0.15) is 17.3 Å². The van der Waals surface area contributed by atoms with E-state index in [9.17, 15) is 4.79 Å². The van der Waals surface area contributed by atoms with Gasteiger partial charge in [0.05, 0.1) is 18.1 Å². The Kier molecular flexibility index (Phi) is 5.63. The fourth-order valence-corrected chi connectivity index (χ4v) is 2.75. The van der Waals surface area contributed by atoms with Gasteiger partial charge in [-0.25, -0.2) is 4.98 Å². The van der Waals surface area contributed by atoms with Gasteiger partial charge in [0.15, 0.2) is 6.61 Å². The van der Waals surface area contributed by atoms with Crippen molar-refractivity contribution in [2.24, 2.45) is 7.05 Å². The van der Waals surface area contributed by atoms with E-state index in [4.69, 9.17) is 21.1 Å². The third kappa shape index (κ3) is 4.26. The summed E-state index contributed by atoms with van der Waals surface area (Å²) >= 11 is 5.81. The fourth-order valence-electron chi connectivity index (χ4n) is 2.62. The van der Waals surface area contributed by atoms with Crippen LogP contribution in [0, 0.1) is 0 Å². The van der Waals surface area contributed by atoms with Crippen molar-refractivity contribution in [3.63, 3.8) is 0 Å². The minimum absolute atomic E-state index is 0.0403. The molecule has 1 amide bonds. The highest BCUT2D eigenvalue weighted by molar-refractivity contribution is 6.30. The summed E-state index contributed by atoms with van der Waals surface area (Å²) in [5.41, 5.74) is 1.90. The third-order valence-corrected chi connectivity index (χ3v) is 4.29. The Morgan fingerprint density at radius 3 is 2.65 bits per heavy atom. The van der Waals surface area contributed by atoms with Gasteiger partial charge >= 0.3 is 0 Å². The molecule has 0 aliphatic carbocycles. The molecule has 1 aromatic heterocycles. The molecule has 0 aliphatic heterocycles. The number of nitrogens with zero attached hydrogens (tertiary/aromatic N) is 2. The first-order valence-electron chi connectivity index (χ1n) is 8.21. The SMILES string of the molecule is COc1ccc2c(c1)nc(CCNC(=O)COc1ccc(Cl)cc1)n2C. The van der Waals surface area contributed by atoms with Gasteiger partial charge in [0.2, 0.25) is 0 Å². The van der Waals surface area contributed by atoms with Gasteiger partial charge in [0.25, 0.3) is 5.91 Å². The number of methoxy groups -OCH3 is 1. The Morgan fingerprint density at radius 1 is 1.19 bits per heavy atom. The molecule has 1 heterocycles. The Labute approximate surface area is 156 Å². The van der Waals surface area contributed by atoms with Crippen molar-refractivity contribution in [2.45, 2.75) is 6.42 Å². The molecule has 0 bridgehead atoms. The summed E-state index contributed by atoms with van der Waals surface area (Å²) in [6, 6.07) is 12.7. The van der Waals surface area contributed by atoms with Crippen LogP contribution in [0.4, 0.5) is 0 Å². The van der Waals surface area contributed by atoms with Gasteiger partial charge in [-0.15, -0.1) is 0 Å². The zero-order chi connectivity index (χ0) is 18.5. The first-order chi connectivity index (χ1) is 12.6. The highest BCUT2D eigenvalue weighted by Gasteiger charge is 2.09. The van der Waals surface area contributed by atoms with Crippen molar-refractivity contribution in [3.05, 3.63) is 53.3 Å². The minimum Gasteiger partial charge on any atom is -0.497 e. The lowest BCUT2D eigenvalue weighted by molar-refractivity contribution is -0.123. The van der Waals surface area contributed by atoms with E-state index in [0.717, 1.165) is 22.6 Å². The van der Waals surface area contributed by atoms with E-state index >= 15 is 0 Å². The molecule has 2 aromatic carbocycles. The van der Waals surface area contributed by atoms with E-state index in [1.807, 2.05) is 29.8 Å². The number of halogens is 1. The first kappa shape index (κ1) is 18.1. The van der Waals surface area contributed by atoms with Crippen molar-refractivity contribution >= 4 is 28.5 Å². The first-order valence-corrected chi connectivity index (χ1v) is 8.59. The maximum atomic E-state index is 11.9. The monoisotopic (exact) mass is 373 g/mol. The molecule has 0 fully saturated rings. The van der Waals surface area contributed by atoms with Crippen LogP contribution < -0.4 is 14.8 Å². The molecule has 6 nitrogen and oxygen atoms in total. The average molecular weight is 374 g/mol. The van der Waals surface area contributed by atoms with Crippen LogP contribution in [0.2, 0.25) is 5.02 Å². The molecule has 136 valence electrons. The summed E-state index contributed by atoms with van der Waals surface area (Å²) in [5, 5.41) is 3.47. The van der Waals surface area contributed by atoms with Crippen molar-refractivity contribution in [1.29, 1.82) is 0 Å². The van der Waals surface area contributed by atoms with Gasteiger partial charge in [-0.1, -0.05) is 11.6 Å². The van der Waals surface area contributed by atoms with Gasteiger partial charge in [-0.3, -0.25) is 4.79 Å². The predicted molar refractivity (Wildman–Crippen MR) is 101 cm³/mol. The highest BCUT2D eigenvalue weighted by Crippen LogP contribution is 2.21. The number of benzene rings is 2.